The van der Waals surface area contributed by atoms with Gasteiger partial charge < -0.3 is 10.6 Å². The van der Waals surface area contributed by atoms with Gasteiger partial charge in [0.25, 0.3) is 11.6 Å². The van der Waals surface area contributed by atoms with Crippen LogP contribution in [0.3, 0.4) is 0 Å². The van der Waals surface area contributed by atoms with Gasteiger partial charge in [-0.2, -0.15) is 0 Å². The van der Waals surface area contributed by atoms with Crippen LogP contribution in [0.2, 0.25) is 5.15 Å². The molecule has 7 nitrogen and oxygen atoms in total. The highest BCUT2D eigenvalue weighted by Gasteiger charge is 2.25. The second-order valence-corrected chi connectivity index (χ2v) is 4.80. The van der Waals surface area contributed by atoms with Crippen molar-refractivity contribution in [3.63, 3.8) is 0 Å². The maximum absolute atomic E-state index is 12.3. The average molecular weight is 285 g/mol. The zero-order chi connectivity index (χ0) is 14.0. The number of nitrogens with zero attached hydrogens (tertiary/aromatic N) is 3. The maximum Gasteiger partial charge on any atom is 0.288 e. The summed E-state index contributed by atoms with van der Waals surface area (Å²) in [6, 6.07) is 1.08. The summed E-state index contributed by atoms with van der Waals surface area (Å²) in [4.78, 5) is 27.6. The molecule has 0 radical (unpaired) electrons. The summed E-state index contributed by atoms with van der Waals surface area (Å²) in [5.74, 6) is -0.364. The highest BCUT2D eigenvalue weighted by molar-refractivity contribution is 6.32. The van der Waals surface area contributed by atoms with Crippen molar-refractivity contribution in [2.75, 3.05) is 13.1 Å². The van der Waals surface area contributed by atoms with Gasteiger partial charge in [-0.15, -0.1) is 0 Å². The van der Waals surface area contributed by atoms with Crippen LogP contribution >= 0.6 is 11.6 Å². The van der Waals surface area contributed by atoms with Crippen LogP contribution in [0.5, 0.6) is 0 Å². The van der Waals surface area contributed by atoms with Gasteiger partial charge >= 0.3 is 0 Å². The number of carbonyl (C=O) groups is 1. The Morgan fingerprint density at radius 3 is 3.00 bits per heavy atom. The van der Waals surface area contributed by atoms with Crippen LogP contribution in [0.15, 0.2) is 12.3 Å². The lowest BCUT2D eigenvalue weighted by atomic mass is 10.1. The molecule has 2 N–H and O–H groups in total. The number of nitro groups is 1. The Morgan fingerprint density at radius 1 is 1.63 bits per heavy atom. The van der Waals surface area contributed by atoms with Crippen molar-refractivity contribution in [3.8, 4) is 0 Å². The molecule has 1 atom stereocenters. The Hall–Kier alpha value is -1.73. The van der Waals surface area contributed by atoms with Gasteiger partial charge in [0.2, 0.25) is 0 Å². The molecule has 0 saturated carbocycles. The van der Waals surface area contributed by atoms with E-state index in [0.717, 1.165) is 25.1 Å². The first-order chi connectivity index (χ1) is 8.99. The molecule has 2 rings (SSSR count). The fraction of sp³-hybridized carbons (Fsp3) is 0.455. The molecule has 0 spiro atoms. The van der Waals surface area contributed by atoms with Gasteiger partial charge in [-0.25, -0.2) is 4.98 Å². The summed E-state index contributed by atoms with van der Waals surface area (Å²) < 4.78 is 0. The van der Waals surface area contributed by atoms with E-state index in [-0.39, 0.29) is 28.4 Å². The summed E-state index contributed by atoms with van der Waals surface area (Å²) in [5.41, 5.74) is 5.60. The molecule has 8 heteroatoms. The standard InChI is InChI=1S/C11H13ClN4O3/c12-10-9(4-8(5-14-10)16(18)19)11(17)15-3-1-2-7(13)6-15/h4-5,7H,1-3,6,13H2. The third-order valence-corrected chi connectivity index (χ3v) is 3.31. The third-order valence-electron chi connectivity index (χ3n) is 3.01. The van der Waals surface area contributed by atoms with Gasteiger partial charge in [0.05, 0.1) is 10.5 Å². The van der Waals surface area contributed by atoms with Gasteiger partial charge in [-0.1, -0.05) is 11.6 Å². The predicted octanol–water partition coefficient (Wildman–Crippen LogP) is 1.21. The van der Waals surface area contributed by atoms with Crippen LogP contribution in [-0.4, -0.2) is 39.8 Å². The Bertz CT molecular complexity index is 523. The lowest BCUT2D eigenvalue weighted by Gasteiger charge is -2.30. The number of rotatable bonds is 2. The topological polar surface area (TPSA) is 102 Å². The first kappa shape index (κ1) is 13.7. The van der Waals surface area contributed by atoms with Crippen molar-refractivity contribution in [1.82, 2.24) is 9.88 Å². The number of aromatic nitrogens is 1. The third kappa shape index (κ3) is 2.99. The minimum Gasteiger partial charge on any atom is -0.337 e. The van der Waals surface area contributed by atoms with E-state index < -0.39 is 4.92 Å². The molecule has 0 aromatic carbocycles. The molecular formula is C11H13ClN4O3. The van der Waals surface area contributed by atoms with Crippen molar-refractivity contribution < 1.29 is 9.72 Å². The highest BCUT2D eigenvalue weighted by Crippen LogP contribution is 2.22. The van der Waals surface area contributed by atoms with Gasteiger partial charge in [0.15, 0.2) is 0 Å². The number of pyridine rings is 1. The molecule has 1 aromatic rings. The fourth-order valence-corrected chi connectivity index (χ4v) is 2.24. The summed E-state index contributed by atoms with van der Waals surface area (Å²) in [6.45, 7) is 1.00. The summed E-state index contributed by atoms with van der Waals surface area (Å²) in [5, 5.41) is 10.7. The first-order valence-corrected chi connectivity index (χ1v) is 6.21. The van der Waals surface area contributed by atoms with Crippen LogP contribution in [0.1, 0.15) is 23.2 Å². The zero-order valence-corrected chi connectivity index (χ0v) is 10.8. The number of nitrogens with two attached hydrogens (primary N) is 1. The van der Waals surface area contributed by atoms with Crippen LogP contribution in [0.25, 0.3) is 0 Å². The van der Waals surface area contributed by atoms with Gasteiger partial charge in [-0.05, 0) is 12.8 Å². The van der Waals surface area contributed by atoms with E-state index >= 15 is 0 Å². The van der Waals surface area contributed by atoms with E-state index in [9.17, 15) is 14.9 Å². The molecule has 2 heterocycles. The fourth-order valence-electron chi connectivity index (χ4n) is 2.05. The highest BCUT2D eigenvalue weighted by atomic mass is 35.5. The molecule has 1 saturated heterocycles. The van der Waals surface area contributed by atoms with E-state index in [1.54, 1.807) is 4.90 Å². The Balaban J connectivity index is 2.27. The quantitative estimate of drug-likeness (QED) is 0.499. The minimum atomic E-state index is -0.609. The van der Waals surface area contributed by atoms with Gasteiger partial charge in [0, 0.05) is 25.2 Å². The summed E-state index contributed by atoms with van der Waals surface area (Å²) >= 11 is 5.84. The monoisotopic (exact) mass is 284 g/mol. The van der Waals surface area contributed by atoms with Crippen LogP contribution in [0.4, 0.5) is 5.69 Å². The SMILES string of the molecule is NC1CCCN(C(=O)c2cc([N+](=O)[O-])cnc2Cl)C1. The van der Waals surface area contributed by atoms with Crippen molar-refractivity contribution in [2.24, 2.45) is 5.73 Å². The number of piperidine rings is 1. The molecule has 1 aromatic heterocycles. The summed E-state index contributed by atoms with van der Waals surface area (Å²) in [6.07, 6.45) is 2.71. The van der Waals surface area contributed by atoms with E-state index in [0.29, 0.717) is 13.1 Å². The van der Waals surface area contributed by atoms with Crippen LogP contribution in [0, 0.1) is 10.1 Å². The molecule has 1 aliphatic rings. The molecule has 0 aliphatic carbocycles. The number of hydrogen-bond acceptors (Lipinski definition) is 5. The zero-order valence-electron chi connectivity index (χ0n) is 10.1. The van der Waals surface area contributed by atoms with Crippen molar-refractivity contribution in [3.05, 3.63) is 33.1 Å². The summed E-state index contributed by atoms with van der Waals surface area (Å²) in [7, 11) is 0. The number of carbonyl (C=O) groups excluding carboxylic acids is 1. The number of likely N-dealkylation sites (tertiary alicyclic amines) is 1. The molecule has 1 aliphatic heterocycles. The first-order valence-electron chi connectivity index (χ1n) is 5.84. The lowest BCUT2D eigenvalue weighted by Crippen LogP contribution is -2.45. The van der Waals surface area contributed by atoms with E-state index in [4.69, 9.17) is 17.3 Å². The van der Waals surface area contributed by atoms with E-state index in [1.165, 1.54) is 0 Å². The average Bonchev–Trinajstić information content (AvgIpc) is 2.38. The maximum atomic E-state index is 12.3. The Kier molecular flexibility index (Phi) is 3.96. The molecular weight excluding hydrogens is 272 g/mol. The van der Waals surface area contributed by atoms with Crippen molar-refractivity contribution >= 4 is 23.2 Å². The molecule has 0 bridgehead atoms. The Morgan fingerprint density at radius 2 is 2.37 bits per heavy atom. The Labute approximate surface area is 114 Å². The minimum absolute atomic E-state index is 0.0326. The van der Waals surface area contributed by atoms with E-state index in [1.807, 2.05) is 0 Å². The normalized spacial score (nSPS) is 19.3. The number of amides is 1. The second-order valence-electron chi connectivity index (χ2n) is 4.44. The van der Waals surface area contributed by atoms with Gasteiger partial charge in [0.1, 0.15) is 11.3 Å². The van der Waals surface area contributed by atoms with Crippen molar-refractivity contribution in [2.45, 2.75) is 18.9 Å². The van der Waals surface area contributed by atoms with Crippen molar-refractivity contribution in [1.29, 1.82) is 0 Å². The number of hydrogen-bond donors (Lipinski definition) is 1. The molecule has 19 heavy (non-hydrogen) atoms. The van der Waals surface area contributed by atoms with Crippen LogP contribution < -0.4 is 5.73 Å². The van der Waals surface area contributed by atoms with Crippen LogP contribution in [-0.2, 0) is 0 Å². The lowest BCUT2D eigenvalue weighted by molar-refractivity contribution is -0.385. The number of halogens is 1. The predicted molar refractivity (Wildman–Crippen MR) is 69.0 cm³/mol. The smallest absolute Gasteiger partial charge is 0.288 e. The molecule has 1 amide bonds. The second kappa shape index (κ2) is 5.50. The van der Waals surface area contributed by atoms with Gasteiger partial charge in [-0.3, -0.25) is 14.9 Å². The van der Waals surface area contributed by atoms with E-state index in [2.05, 4.69) is 4.98 Å². The molecule has 1 fully saturated rings. The molecule has 102 valence electrons. The molecule has 1 unspecified atom stereocenters. The largest absolute Gasteiger partial charge is 0.337 e.